The number of thiol groups is 1. The minimum atomic E-state index is 0.377. The molecule has 0 atom stereocenters. The van der Waals surface area contributed by atoms with Crippen molar-refractivity contribution >= 4 is 23.7 Å². The fraction of sp³-hybridized carbons (Fsp3) is 0.111. The molecule has 0 bridgehead atoms. The van der Waals surface area contributed by atoms with Crippen molar-refractivity contribution in [1.29, 1.82) is 5.26 Å². The molecule has 0 aliphatic carbocycles. The van der Waals surface area contributed by atoms with Gasteiger partial charge < -0.3 is 4.98 Å². The molecule has 1 heterocycles. The Bertz CT molecular complexity index is 481. The number of hydrogen-bond donors (Lipinski definition) is 2. The normalized spacial score (nSPS) is 10.2. The van der Waals surface area contributed by atoms with Gasteiger partial charge >= 0.3 is 0 Å². The molecule has 1 N–H and O–H groups in total. The summed E-state index contributed by atoms with van der Waals surface area (Å²) in [4.78, 5) is 7.90. The van der Waals surface area contributed by atoms with Crippen LogP contribution in [0.1, 0.15) is 5.56 Å². The molecular weight excluding hydrogens is 182 g/mol. The van der Waals surface area contributed by atoms with Gasteiger partial charge in [-0.2, -0.15) is 5.26 Å². The fourth-order valence-corrected chi connectivity index (χ4v) is 1.59. The number of rotatable bonds is 1. The quantitative estimate of drug-likeness (QED) is 0.673. The molecule has 0 unspecified atom stereocenters. The second kappa shape index (κ2) is 3.11. The summed E-state index contributed by atoms with van der Waals surface area (Å²) >= 11 is 4.33. The van der Waals surface area contributed by atoms with E-state index in [1.54, 1.807) is 6.33 Å². The Morgan fingerprint density at radius 2 is 2.38 bits per heavy atom. The Morgan fingerprint density at radius 3 is 3.15 bits per heavy atom. The van der Waals surface area contributed by atoms with E-state index in [0.29, 0.717) is 6.42 Å². The van der Waals surface area contributed by atoms with Crippen LogP contribution in [-0.4, -0.2) is 9.97 Å². The zero-order valence-corrected chi connectivity index (χ0v) is 7.68. The third-order valence-electron chi connectivity index (χ3n) is 1.92. The van der Waals surface area contributed by atoms with Crippen molar-refractivity contribution < 1.29 is 0 Å². The number of nitrogens with one attached hydrogen (secondary N) is 1. The van der Waals surface area contributed by atoms with Gasteiger partial charge in [-0.05, 0) is 11.6 Å². The lowest BCUT2D eigenvalue weighted by molar-refractivity contribution is 1.20. The molecule has 4 heteroatoms. The van der Waals surface area contributed by atoms with E-state index in [2.05, 4.69) is 28.7 Å². The Hall–Kier alpha value is -1.47. The van der Waals surface area contributed by atoms with E-state index in [-0.39, 0.29) is 0 Å². The predicted octanol–water partition coefficient (Wildman–Crippen LogP) is 1.92. The highest BCUT2D eigenvalue weighted by Crippen LogP contribution is 2.23. The lowest BCUT2D eigenvalue weighted by Crippen LogP contribution is -1.85. The van der Waals surface area contributed by atoms with Gasteiger partial charge in [0.2, 0.25) is 0 Å². The number of nitriles is 1. The molecule has 3 nitrogen and oxygen atoms in total. The summed E-state index contributed by atoms with van der Waals surface area (Å²) in [5.41, 5.74) is 2.70. The number of aromatic amines is 1. The summed E-state index contributed by atoms with van der Waals surface area (Å²) < 4.78 is 0. The van der Waals surface area contributed by atoms with Crippen molar-refractivity contribution in [1.82, 2.24) is 9.97 Å². The predicted molar refractivity (Wildman–Crippen MR) is 52.7 cm³/mol. The maximum absolute atomic E-state index is 8.55. The lowest BCUT2D eigenvalue weighted by Gasteiger charge is -1.99. The van der Waals surface area contributed by atoms with E-state index in [1.807, 2.05) is 12.1 Å². The zero-order chi connectivity index (χ0) is 9.26. The highest BCUT2D eigenvalue weighted by molar-refractivity contribution is 7.80. The molecule has 0 saturated heterocycles. The molecular formula is C9H7N3S. The van der Waals surface area contributed by atoms with E-state index < -0.39 is 0 Å². The molecule has 1 aromatic carbocycles. The van der Waals surface area contributed by atoms with Gasteiger partial charge in [0.25, 0.3) is 0 Å². The third kappa shape index (κ3) is 1.27. The molecule has 1 aromatic heterocycles. The first-order chi connectivity index (χ1) is 6.33. The first kappa shape index (κ1) is 8.14. The van der Waals surface area contributed by atoms with Gasteiger partial charge in [-0.3, -0.25) is 0 Å². The van der Waals surface area contributed by atoms with Crippen molar-refractivity contribution in [3.8, 4) is 6.07 Å². The van der Waals surface area contributed by atoms with Crippen LogP contribution in [0, 0.1) is 11.3 Å². The smallest absolute Gasteiger partial charge is 0.102 e. The molecule has 2 rings (SSSR count). The van der Waals surface area contributed by atoms with Crippen LogP contribution in [0.25, 0.3) is 11.0 Å². The number of H-pyrrole nitrogens is 1. The number of imidazole rings is 1. The van der Waals surface area contributed by atoms with Crippen molar-refractivity contribution in [2.24, 2.45) is 0 Å². The highest BCUT2D eigenvalue weighted by Gasteiger charge is 2.05. The van der Waals surface area contributed by atoms with Crippen LogP contribution in [-0.2, 0) is 6.42 Å². The number of aromatic nitrogens is 2. The first-order valence-corrected chi connectivity index (χ1v) is 4.28. The van der Waals surface area contributed by atoms with E-state index >= 15 is 0 Å². The Labute approximate surface area is 80.8 Å². The fourth-order valence-electron chi connectivity index (χ4n) is 1.26. The average molecular weight is 189 g/mol. The minimum absolute atomic E-state index is 0.377. The van der Waals surface area contributed by atoms with E-state index in [9.17, 15) is 0 Å². The Balaban J connectivity index is 2.67. The number of hydrogen-bond acceptors (Lipinski definition) is 3. The lowest BCUT2D eigenvalue weighted by atomic mass is 10.1. The summed E-state index contributed by atoms with van der Waals surface area (Å²) in [7, 11) is 0. The maximum Gasteiger partial charge on any atom is 0.102 e. The standard InChI is InChI=1S/C9H7N3S/c10-4-3-6-1-2-7-8(9(6)13)12-5-11-7/h1-2,5,13H,3H2,(H,11,12). The molecule has 0 radical (unpaired) electrons. The molecule has 64 valence electrons. The number of fused-ring (bicyclic) bond motifs is 1. The maximum atomic E-state index is 8.55. The summed E-state index contributed by atoms with van der Waals surface area (Å²) in [6.07, 6.45) is 2.00. The van der Waals surface area contributed by atoms with Gasteiger partial charge in [-0.1, -0.05) is 6.07 Å². The van der Waals surface area contributed by atoms with Gasteiger partial charge in [0.05, 0.1) is 24.3 Å². The number of nitrogens with zero attached hydrogens (tertiary/aromatic N) is 2. The summed E-state index contributed by atoms with van der Waals surface area (Å²) in [6.45, 7) is 0. The van der Waals surface area contributed by atoms with Crippen LogP contribution in [0.15, 0.2) is 23.4 Å². The monoisotopic (exact) mass is 189 g/mol. The largest absolute Gasteiger partial charge is 0.345 e. The molecule has 0 aliphatic rings. The molecule has 0 aliphatic heterocycles. The number of benzene rings is 1. The third-order valence-corrected chi connectivity index (χ3v) is 2.42. The molecule has 0 saturated carbocycles. The minimum Gasteiger partial charge on any atom is -0.345 e. The van der Waals surface area contributed by atoms with Crippen LogP contribution in [0.3, 0.4) is 0 Å². The molecule has 2 aromatic rings. The van der Waals surface area contributed by atoms with E-state index in [1.165, 1.54) is 0 Å². The van der Waals surface area contributed by atoms with Gasteiger partial charge in [0.1, 0.15) is 5.52 Å². The summed E-state index contributed by atoms with van der Waals surface area (Å²) in [5, 5.41) is 8.55. The average Bonchev–Trinajstić information content (AvgIpc) is 2.58. The van der Waals surface area contributed by atoms with Crippen molar-refractivity contribution in [3.05, 3.63) is 24.0 Å². The van der Waals surface area contributed by atoms with Gasteiger partial charge in [0.15, 0.2) is 0 Å². The van der Waals surface area contributed by atoms with Crippen LogP contribution < -0.4 is 0 Å². The van der Waals surface area contributed by atoms with Crippen molar-refractivity contribution in [3.63, 3.8) is 0 Å². The second-order valence-corrected chi connectivity index (χ2v) is 3.15. The molecule has 0 fully saturated rings. The van der Waals surface area contributed by atoms with Crippen molar-refractivity contribution in [2.75, 3.05) is 0 Å². The SMILES string of the molecule is N#CCc1ccc2[nH]cnc2c1S. The van der Waals surface area contributed by atoms with Crippen molar-refractivity contribution in [2.45, 2.75) is 11.3 Å². The van der Waals surface area contributed by atoms with Gasteiger partial charge in [-0.25, -0.2) is 4.98 Å². The van der Waals surface area contributed by atoms with Gasteiger partial charge in [-0.15, -0.1) is 12.6 Å². The summed E-state index contributed by atoms with van der Waals surface area (Å²) in [5.74, 6) is 0. The zero-order valence-electron chi connectivity index (χ0n) is 6.78. The molecule has 0 spiro atoms. The Kier molecular flexibility index (Phi) is 1.95. The topological polar surface area (TPSA) is 52.5 Å². The molecule has 13 heavy (non-hydrogen) atoms. The Morgan fingerprint density at radius 1 is 1.54 bits per heavy atom. The van der Waals surface area contributed by atoms with Crippen LogP contribution >= 0.6 is 12.6 Å². The van der Waals surface area contributed by atoms with Crippen LogP contribution in [0.2, 0.25) is 0 Å². The van der Waals surface area contributed by atoms with Crippen LogP contribution in [0.4, 0.5) is 0 Å². The van der Waals surface area contributed by atoms with E-state index in [0.717, 1.165) is 21.5 Å². The summed E-state index contributed by atoms with van der Waals surface area (Å²) in [6, 6.07) is 5.90. The second-order valence-electron chi connectivity index (χ2n) is 2.71. The van der Waals surface area contributed by atoms with Gasteiger partial charge in [0, 0.05) is 4.90 Å². The van der Waals surface area contributed by atoms with Crippen LogP contribution in [0.5, 0.6) is 0 Å². The first-order valence-electron chi connectivity index (χ1n) is 3.84. The van der Waals surface area contributed by atoms with E-state index in [4.69, 9.17) is 5.26 Å². The highest BCUT2D eigenvalue weighted by atomic mass is 32.1. The molecule has 0 amide bonds.